The molecule has 0 aliphatic carbocycles. The van der Waals surface area contributed by atoms with Crippen molar-refractivity contribution in [1.29, 1.82) is 0 Å². The van der Waals surface area contributed by atoms with E-state index in [1.54, 1.807) is 0 Å². The van der Waals surface area contributed by atoms with E-state index in [0.717, 1.165) is 0 Å². The fourth-order valence-electron chi connectivity index (χ4n) is 0.800. The maximum atomic E-state index is 9.40. The van der Waals surface area contributed by atoms with Crippen molar-refractivity contribution in [3.63, 3.8) is 0 Å². The summed E-state index contributed by atoms with van der Waals surface area (Å²) < 4.78 is 0. The van der Waals surface area contributed by atoms with Gasteiger partial charge in [-0.1, -0.05) is 27.7 Å². The molecule has 0 aromatic heterocycles. The molecule has 62 valence electrons. The van der Waals surface area contributed by atoms with Crippen LogP contribution in [0.5, 0.6) is 0 Å². The minimum absolute atomic E-state index is 0.213. The Morgan fingerprint density at radius 1 is 1.20 bits per heavy atom. The molecule has 0 fully saturated rings. The van der Waals surface area contributed by atoms with Crippen molar-refractivity contribution >= 4 is 0 Å². The molecule has 0 saturated carbocycles. The van der Waals surface area contributed by atoms with Gasteiger partial charge in [0.05, 0.1) is 12.2 Å². The van der Waals surface area contributed by atoms with Crippen LogP contribution in [0.4, 0.5) is 0 Å². The predicted molar refractivity (Wildman–Crippen MR) is 41.8 cm³/mol. The summed E-state index contributed by atoms with van der Waals surface area (Å²) in [5.41, 5.74) is -0.213. The average Bonchev–Trinajstić information content (AvgIpc) is 1.83. The molecular formula is C8H18O2. The van der Waals surface area contributed by atoms with E-state index in [4.69, 9.17) is 0 Å². The smallest absolute Gasteiger partial charge is 0.0847 e. The van der Waals surface area contributed by atoms with Gasteiger partial charge in [-0.05, 0) is 11.8 Å². The summed E-state index contributed by atoms with van der Waals surface area (Å²) in [4.78, 5) is 0. The van der Waals surface area contributed by atoms with E-state index in [9.17, 15) is 10.2 Å². The Balaban J connectivity index is 3.94. The van der Waals surface area contributed by atoms with Gasteiger partial charge in [-0.25, -0.2) is 0 Å². The lowest BCUT2D eigenvalue weighted by molar-refractivity contribution is -0.0451. The number of hydrogen-bond acceptors (Lipinski definition) is 2. The van der Waals surface area contributed by atoms with E-state index in [1.165, 1.54) is 0 Å². The van der Waals surface area contributed by atoms with E-state index >= 15 is 0 Å². The van der Waals surface area contributed by atoms with Crippen LogP contribution in [0.1, 0.15) is 34.1 Å². The number of hydrogen-bond donors (Lipinski definition) is 2. The Bertz CT molecular complexity index is 93.9. The molecule has 0 bridgehead atoms. The van der Waals surface area contributed by atoms with Gasteiger partial charge in [0, 0.05) is 0 Å². The number of aliphatic hydroxyl groups excluding tert-OH is 2. The standard InChI is InChI=1S/C8H18O2/c1-5-6(9)7(10)8(2,3)4/h6-7,9-10H,5H2,1-4H3/t6-,7-/m1/s1. The second-order valence-corrected chi connectivity index (χ2v) is 3.79. The van der Waals surface area contributed by atoms with Crippen molar-refractivity contribution in [3.8, 4) is 0 Å². The van der Waals surface area contributed by atoms with Gasteiger partial charge in [-0.2, -0.15) is 0 Å². The largest absolute Gasteiger partial charge is 0.390 e. The van der Waals surface area contributed by atoms with Crippen LogP contribution in [-0.2, 0) is 0 Å². The minimum Gasteiger partial charge on any atom is -0.390 e. The van der Waals surface area contributed by atoms with Gasteiger partial charge < -0.3 is 10.2 Å². The normalized spacial score (nSPS) is 18.6. The van der Waals surface area contributed by atoms with Gasteiger partial charge in [0.25, 0.3) is 0 Å². The molecule has 0 saturated heterocycles. The fraction of sp³-hybridized carbons (Fsp3) is 1.00. The lowest BCUT2D eigenvalue weighted by Crippen LogP contribution is -2.37. The summed E-state index contributed by atoms with van der Waals surface area (Å²) in [6.07, 6.45) is -0.587. The van der Waals surface area contributed by atoms with Crippen LogP contribution in [0, 0.1) is 5.41 Å². The molecule has 0 radical (unpaired) electrons. The Kier molecular flexibility index (Phi) is 3.33. The molecule has 0 aromatic carbocycles. The zero-order valence-electron chi connectivity index (χ0n) is 7.26. The van der Waals surface area contributed by atoms with Crippen molar-refractivity contribution in [1.82, 2.24) is 0 Å². The van der Waals surface area contributed by atoms with Crippen LogP contribution in [-0.4, -0.2) is 22.4 Å². The highest BCUT2D eigenvalue weighted by molar-refractivity contribution is 4.78. The summed E-state index contributed by atoms with van der Waals surface area (Å²) in [6, 6.07) is 0. The lowest BCUT2D eigenvalue weighted by atomic mass is 9.85. The van der Waals surface area contributed by atoms with Gasteiger partial charge in [0.1, 0.15) is 0 Å². The highest BCUT2D eigenvalue weighted by Gasteiger charge is 2.27. The quantitative estimate of drug-likeness (QED) is 0.614. The van der Waals surface area contributed by atoms with E-state index in [0.29, 0.717) is 6.42 Å². The maximum absolute atomic E-state index is 9.40. The van der Waals surface area contributed by atoms with Crippen LogP contribution < -0.4 is 0 Å². The molecule has 0 spiro atoms. The number of rotatable bonds is 2. The summed E-state index contributed by atoms with van der Waals surface area (Å²) in [7, 11) is 0. The second kappa shape index (κ2) is 3.35. The lowest BCUT2D eigenvalue weighted by Gasteiger charge is -2.29. The molecule has 0 amide bonds. The van der Waals surface area contributed by atoms with E-state index in [-0.39, 0.29) is 5.41 Å². The molecule has 0 aromatic rings. The summed E-state index contributed by atoms with van der Waals surface area (Å²) in [5.74, 6) is 0. The fourth-order valence-corrected chi connectivity index (χ4v) is 0.800. The van der Waals surface area contributed by atoms with Crippen molar-refractivity contribution in [2.24, 2.45) is 5.41 Å². The maximum Gasteiger partial charge on any atom is 0.0847 e. The molecule has 0 heterocycles. The molecular weight excluding hydrogens is 128 g/mol. The predicted octanol–water partition coefficient (Wildman–Crippen LogP) is 1.16. The van der Waals surface area contributed by atoms with Crippen molar-refractivity contribution in [2.75, 3.05) is 0 Å². The average molecular weight is 146 g/mol. The number of aliphatic hydroxyl groups is 2. The van der Waals surface area contributed by atoms with E-state index in [1.807, 2.05) is 27.7 Å². The van der Waals surface area contributed by atoms with Gasteiger partial charge in [-0.3, -0.25) is 0 Å². The van der Waals surface area contributed by atoms with E-state index < -0.39 is 12.2 Å². The minimum atomic E-state index is -0.613. The Labute approximate surface area is 62.9 Å². The first kappa shape index (κ1) is 9.92. The SMILES string of the molecule is CC[C@@H](O)[C@@H](O)C(C)(C)C. The highest BCUT2D eigenvalue weighted by Crippen LogP contribution is 2.22. The van der Waals surface area contributed by atoms with Crippen molar-refractivity contribution in [2.45, 2.75) is 46.3 Å². The third-order valence-electron chi connectivity index (χ3n) is 1.67. The second-order valence-electron chi connectivity index (χ2n) is 3.79. The first-order valence-corrected chi connectivity index (χ1v) is 3.75. The van der Waals surface area contributed by atoms with Gasteiger partial charge >= 0.3 is 0 Å². The van der Waals surface area contributed by atoms with Gasteiger partial charge in [0.15, 0.2) is 0 Å². The molecule has 2 atom stereocenters. The zero-order chi connectivity index (χ0) is 8.36. The molecule has 0 unspecified atom stereocenters. The Morgan fingerprint density at radius 2 is 1.60 bits per heavy atom. The summed E-state index contributed by atoms with van der Waals surface area (Å²) in [5, 5.41) is 18.6. The first-order valence-electron chi connectivity index (χ1n) is 3.75. The van der Waals surface area contributed by atoms with Crippen molar-refractivity contribution in [3.05, 3.63) is 0 Å². The third kappa shape index (κ3) is 2.67. The summed E-state index contributed by atoms with van der Waals surface area (Å²) >= 11 is 0. The van der Waals surface area contributed by atoms with Crippen LogP contribution in [0.15, 0.2) is 0 Å². The van der Waals surface area contributed by atoms with Crippen LogP contribution >= 0.6 is 0 Å². The first-order chi connectivity index (χ1) is 4.39. The molecule has 2 nitrogen and oxygen atoms in total. The van der Waals surface area contributed by atoms with Gasteiger partial charge in [0.2, 0.25) is 0 Å². The van der Waals surface area contributed by atoms with Crippen LogP contribution in [0.25, 0.3) is 0 Å². The molecule has 0 aliphatic rings. The topological polar surface area (TPSA) is 40.5 Å². The van der Waals surface area contributed by atoms with Gasteiger partial charge in [-0.15, -0.1) is 0 Å². The highest BCUT2D eigenvalue weighted by atomic mass is 16.3. The Morgan fingerprint density at radius 3 is 1.70 bits per heavy atom. The molecule has 2 N–H and O–H groups in total. The van der Waals surface area contributed by atoms with Crippen LogP contribution in [0.2, 0.25) is 0 Å². The molecule has 0 rings (SSSR count). The molecule has 2 heteroatoms. The Hall–Kier alpha value is -0.0800. The summed E-state index contributed by atoms with van der Waals surface area (Å²) in [6.45, 7) is 7.60. The van der Waals surface area contributed by atoms with Crippen LogP contribution in [0.3, 0.4) is 0 Å². The van der Waals surface area contributed by atoms with E-state index in [2.05, 4.69) is 0 Å². The monoisotopic (exact) mass is 146 g/mol. The van der Waals surface area contributed by atoms with Crippen molar-refractivity contribution < 1.29 is 10.2 Å². The third-order valence-corrected chi connectivity index (χ3v) is 1.67. The zero-order valence-corrected chi connectivity index (χ0v) is 7.26. The molecule has 0 aliphatic heterocycles. The molecule has 10 heavy (non-hydrogen) atoms.